The molecule has 0 spiro atoms. The average molecular weight is 369 g/mol. The van der Waals surface area contributed by atoms with Crippen LogP contribution < -0.4 is 15.8 Å². The van der Waals surface area contributed by atoms with Crippen molar-refractivity contribution in [1.29, 1.82) is 0 Å². The monoisotopic (exact) mass is 369 g/mol. The second-order valence-electron chi connectivity index (χ2n) is 7.20. The van der Waals surface area contributed by atoms with Gasteiger partial charge in [-0.2, -0.15) is 0 Å². The summed E-state index contributed by atoms with van der Waals surface area (Å²) in [7, 11) is 0. The summed E-state index contributed by atoms with van der Waals surface area (Å²) in [4.78, 5) is 37.7. The van der Waals surface area contributed by atoms with Gasteiger partial charge in [0.15, 0.2) is 0 Å². The van der Waals surface area contributed by atoms with Crippen molar-refractivity contribution in [3.8, 4) is 0 Å². The maximum absolute atomic E-state index is 12.8. The molecule has 3 unspecified atom stereocenters. The number of carbonyl (C=O) groups excluding carboxylic acids is 3. The van der Waals surface area contributed by atoms with Gasteiger partial charge in [0.2, 0.25) is 11.8 Å². The zero-order chi connectivity index (χ0) is 18.8. The minimum Gasteiger partial charge on any atom is -0.376 e. The summed E-state index contributed by atoms with van der Waals surface area (Å²) >= 11 is 0. The van der Waals surface area contributed by atoms with Gasteiger partial charge in [-0.05, 0) is 43.9 Å². The van der Waals surface area contributed by atoms with Gasteiger partial charge < -0.3 is 10.1 Å². The maximum atomic E-state index is 12.8. The van der Waals surface area contributed by atoms with Crippen molar-refractivity contribution in [2.75, 3.05) is 18.2 Å². The van der Waals surface area contributed by atoms with E-state index < -0.39 is 0 Å². The molecule has 2 fully saturated rings. The molecule has 142 valence electrons. The number of hydrogen-bond acceptors (Lipinski definition) is 4. The Kier molecular flexibility index (Phi) is 4.94. The highest BCUT2D eigenvalue weighted by molar-refractivity contribution is 6.05. The summed E-state index contributed by atoms with van der Waals surface area (Å²) in [6, 6.07) is 6.75. The van der Waals surface area contributed by atoms with Crippen LogP contribution in [-0.4, -0.2) is 37.0 Å². The standard InChI is InChI=1S/C20H23N3O4/c24-18(21-12-15-7-4-10-27-15)13-5-3-6-14(11-13)23-20(26)17-9-2-1-8-16(17)19(25)22-23/h1-3,5-6,11,15-17H,4,7-10,12H2,(H,21,24)(H,22,25). The number of benzene rings is 1. The van der Waals surface area contributed by atoms with Crippen molar-refractivity contribution in [2.24, 2.45) is 11.8 Å². The Morgan fingerprint density at radius 3 is 2.81 bits per heavy atom. The zero-order valence-corrected chi connectivity index (χ0v) is 15.0. The first-order valence-corrected chi connectivity index (χ1v) is 9.43. The first-order valence-electron chi connectivity index (χ1n) is 9.43. The molecular weight excluding hydrogens is 346 g/mol. The molecule has 3 atom stereocenters. The lowest BCUT2D eigenvalue weighted by Gasteiger charge is -2.38. The molecule has 7 nitrogen and oxygen atoms in total. The summed E-state index contributed by atoms with van der Waals surface area (Å²) in [6.45, 7) is 1.21. The molecule has 1 aromatic carbocycles. The number of hydrogen-bond donors (Lipinski definition) is 2. The van der Waals surface area contributed by atoms with E-state index in [4.69, 9.17) is 4.74 Å². The Morgan fingerprint density at radius 1 is 1.22 bits per heavy atom. The first-order chi connectivity index (χ1) is 13.1. The number of nitrogens with one attached hydrogen (secondary N) is 2. The van der Waals surface area contributed by atoms with Gasteiger partial charge in [0, 0.05) is 18.7 Å². The molecule has 1 aromatic rings. The topological polar surface area (TPSA) is 87.7 Å². The molecule has 2 aliphatic heterocycles. The fourth-order valence-corrected chi connectivity index (χ4v) is 3.88. The van der Waals surface area contributed by atoms with Crippen LogP contribution >= 0.6 is 0 Å². The fraction of sp³-hybridized carbons (Fsp3) is 0.450. The van der Waals surface area contributed by atoms with Crippen LogP contribution in [0.1, 0.15) is 36.0 Å². The predicted molar refractivity (Wildman–Crippen MR) is 98.7 cm³/mol. The van der Waals surface area contributed by atoms with E-state index in [0.717, 1.165) is 19.4 Å². The van der Waals surface area contributed by atoms with Gasteiger partial charge in [-0.3, -0.25) is 19.8 Å². The van der Waals surface area contributed by atoms with E-state index >= 15 is 0 Å². The highest BCUT2D eigenvalue weighted by Crippen LogP contribution is 2.32. The third kappa shape index (κ3) is 3.60. The van der Waals surface area contributed by atoms with Crippen LogP contribution in [0.2, 0.25) is 0 Å². The molecular formula is C20H23N3O4. The minimum atomic E-state index is -0.347. The second kappa shape index (κ2) is 7.52. The smallest absolute Gasteiger partial charge is 0.251 e. The largest absolute Gasteiger partial charge is 0.376 e. The lowest BCUT2D eigenvalue weighted by Crippen LogP contribution is -2.59. The Bertz CT molecular complexity index is 785. The molecule has 3 amide bonds. The lowest BCUT2D eigenvalue weighted by molar-refractivity contribution is -0.139. The molecule has 1 aliphatic carbocycles. The molecule has 2 N–H and O–H groups in total. The number of amides is 3. The van der Waals surface area contributed by atoms with Gasteiger partial charge >= 0.3 is 0 Å². The average Bonchev–Trinajstić information content (AvgIpc) is 3.23. The molecule has 2 heterocycles. The van der Waals surface area contributed by atoms with E-state index in [2.05, 4.69) is 10.7 Å². The van der Waals surface area contributed by atoms with E-state index in [1.807, 2.05) is 12.2 Å². The van der Waals surface area contributed by atoms with Gasteiger partial charge in [-0.1, -0.05) is 18.2 Å². The molecule has 2 saturated heterocycles. The molecule has 3 aliphatic rings. The van der Waals surface area contributed by atoms with Crippen LogP contribution in [0.3, 0.4) is 0 Å². The van der Waals surface area contributed by atoms with Crippen molar-refractivity contribution in [1.82, 2.24) is 10.7 Å². The van der Waals surface area contributed by atoms with Gasteiger partial charge in [-0.25, -0.2) is 5.01 Å². The number of ether oxygens (including phenoxy) is 1. The van der Waals surface area contributed by atoms with Crippen molar-refractivity contribution in [3.05, 3.63) is 42.0 Å². The fourth-order valence-electron chi connectivity index (χ4n) is 3.88. The van der Waals surface area contributed by atoms with Crippen molar-refractivity contribution in [2.45, 2.75) is 31.8 Å². The van der Waals surface area contributed by atoms with Crippen LogP contribution in [0.25, 0.3) is 0 Å². The molecule has 0 bridgehead atoms. The minimum absolute atomic E-state index is 0.0661. The van der Waals surface area contributed by atoms with Crippen LogP contribution in [0.5, 0.6) is 0 Å². The molecule has 0 aromatic heterocycles. The number of nitrogens with zero attached hydrogens (tertiary/aromatic N) is 1. The van der Waals surface area contributed by atoms with Crippen LogP contribution in [0.4, 0.5) is 5.69 Å². The number of hydrazine groups is 1. The van der Waals surface area contributed by atoms with E-state index in [9.17, 15) is 14.4 Å². The summed E-state index contributed by atoms with van der Waals surface area (Å²) in [5.41, 5.74) is 3.62. The summed E-state index contributed by atoms with van der Waals surface area (Å²) < 4.78 is 5.51. The van der Waals surface area contributed by atoms with Gasteiger partial charge in [0.25, 0.3) is 5.91 Å². The molecule has 7 heteroatoms. The molecule has 4 rings (SSSR count). The molecule has 0 saturated carbocycles. The van der Waals surface area contributed by atoms with Crippen LogP contribution in [0, 0.1) is 11.8 Å². The van der Waals surface area contributed by atoms with Crippen molar-refractivity contribution in [3.63, 3.8) is 0 Å². The normalized spacial score (nSPS) is 27.3. The molecule has 27 heavy (non-hydrogen) atoms. The zero-order valence-electron chi connectivity index (χ0n) is 15.0. The third-order valence-electron chi connectivity index (χ3n) is 5.41. The van der Waals surface area contributed by atoms with E-state index in [1.165, 1.54) is 5.01 Å². The predicted octanol–water partition coefficient (Wildman–Crippen LogP) is 1.56. The third-order valence-corrected chi connectivity index (χ3v) is 5.41. The second-order valence-corrected chi connectivity index (χ2v) is 7.20. The number of allylic oxidation sites excluding steroid dienone is 2. The first kappa shape index (κ1) is 17.7. The Labute approximate surface area is 157 Å². The van der Waals surface area contributed by atoms with Crippen LogP contribution in [-0.2, 0) is 14.3 Å². The van der Waals surface area contributed by atoms with Crippen LogP contribution in [0.15, 0.2) is 36.4 Å². The number of rotatable bonds is 4. The maximum Gasteiger partial charge on any atom is 0.251 e. The SMILES string of the molecule is O=C(NCC1CCCO1)c1cccc(N2NC(=O)C3CC=CCC3C2=O)c1. The Morgan fingerprint density at radius 2 is 2.04 bits per heavy atom. The Balaban J connectivity index is 1.48. The number of anilines is 1. The lowest BCUT2D eigenvalue weighted by atomic mass is 9.80. The van der Waals surface area contributed by atoms with Crippen molar-refractivity contribution < 1.29 is 19.1 Å². The number of fused-ring (bicyclic) bond motifs is 1. The van der Waals surface area contributed by atoms with Crippen molar-refractivity contribution >= 4 is 23.4 Å². The highest BCUT2D eigenvalue weighted by Gasteiger charge is 2.42. The summed E-state index contributed by atoms with van der Waals surface area (Å²) in [6.07, 6.45) is 7.08. The summed E-state index contributed by atoms with van der Waals surface area (Å²) in [5, 5.41) is 4.15. The highest BCUT2D eigenvalue weighted by atomic mass is 16.5. The molecule has 0 radical (unpaired) electrons. The van der Waals surface area contributed by atoms with E-state index in [1.54, 1.807) is 24.3 Å². The summed E-state index contributed by atoms with van der Waals surface area (Å²) in [5.74, 6) is -1.17. The number of carbonyl (C=O) groups is 3. The van der Waals surface area contributed by atoms with E-state index in [-0.39, 0.29) is 35.7 Å². The Hall–Kier alpha value is -2.67. The quantitative estimate of drug-likeness (QED) is 0.789. The van der Waals surface area contributed by atoms with Gasteiger partial charge in [0.05, 0.1) is 23.6 Å². The van der Waals surface area contributed by atoms with Gasteiger partial charge in [0.1, 0.15) is 0 Å². The van der Waals surface area contributed by atoms with Gasteiger partial charge in [-0.15, -0.1) is 0 Å². The van der Waals surface area contributed by atoms with E-state index in [0.29, 0.717) is 30.6 Å².